The smallest absolute Gasteiger partial charge is 0.271 e. The number of aliphatic hydroxyl groups is 3. The monoisotopic (exact) mass is 398 g/mol. The molecular formula is C20H22N4O5. The van der Waals surface area contributed by atoms with Crippen LogP contribution in [0.5, 0.6) is 0 Å². The van der Waals surface area contributed by atoms with Crippen molar-refractivity contribution in [1.82, 2.24) is 10.9 Å². The largest absolute Gasteiger partial charge is 0.394 e. The molecule has 2 atom stereocenters. The van der Waals surface area contributed by atoms with Crippen LogP contribution < -0.4 is 10.9 Å². The molecule has 9 heteroatoms. The summed E-state index contributed by atoms with van der Waals surface area (Å²) in [5.74, 6) is -0.938. The van der Waals surface area contributed by atoms with Crippen LogP contribution >= 0.6 is 0 Å². The van der Waals surface area contributed by atoms with Gasteiger partial charge in [-0.3, -0.25) is 9.59 Å². The van der Waals surface area contributed by atoms with Gasteiger partial charge in [-0.15, -0.1) is 0 Å². The van der Waals surface area contributed by atoms with Crippen molar-refractivity contribution in [3.8, 4) is 0 Å². The molecule has 0 aliphatic heterocycles. The molecule has 0 saturated carbocycles. The normalized spacial score (nSPS) is 13.7. The third kappa shape index (κ3) is 7.26. The van der Waals surface area contributed by atoms with E-state index in [0.717, 1.165) is 6.21 Å². The molecule has 0 aliphatic carbocycles. The minimum atomic E-state index is -1.39. The van der Waals surface area contributed by atoms with E-state index < -0.39 is 30.6 Å². The number of aliphatic hydroxyl groups excluding tert-OH is 3. The number of nitrogens with zero attached hydrogens (tertiary/aromatic N) is 2. The zero-order valence-corrected chi connectivity index (χ0v) is 15.5. The predicted molar refractivity (Wildman–Crippen MR) is 107 cm³/mol. The topological polar surface area (TPSA) is 144 Å². The van der Waals surface area contributed by atoms with E-state index in [1.807, 2.05) is 0 Å². The summed E-state index contributed by atoms with van der Waals surface area (Å²) in [5.41, 5.74) is 5.48. The van der Waals surface area contributed by atoms with E-state index >= 15 is 0 Å². The van der Waals surface area contributed by atoms with Crippen molar-refractivity contribution >= 4 is 23.7 Å². The Labute approximate surface area is 167 Å². The van der Waals surface area contributed by atoms with Crippen molar-refractivity contribution in [1.29, 1.82) is 0 Å². The second kappa shape index (κ2) is 11.4. The van der Waals surface area contributed by atoms with E-state index in [2.05, 4.69) is 21.1 Å². The van der Waals surface area contributed by atoms with Gasteiger partial charge in [0.1, 0.15) is 6.10 Å². The Morgan fingerprint density at radius 3 is 1.90 bits per heavy atom. The van der Waals surface area contributed by atoms with Crippen LogP contribution in [0, 0.1) is 0 Å². The second-order valence-corrected chi connectivity index (χ2v) is 6.00. The van der Waals surface area contributed by atoms with E-state index in [-0.39, 0.29) is 12.1 Å². The van der Waals surface area contributed by atoms with Gasteiger partial charge in [0.15, 0.2) is 0 Å². The third-order valence-electron chi connectivity index (χ3n) is 3.80. The lowest BCUT2D eigenvalue weighted by Crippen LogP contribution is -2.33. The first-order chi connectivity index (χ1) is 14.0. The molecule has 0 aromatic heterocycles. The van der Waals surface area contributed by atoms with Gasteiger partial charge in [0.2, 0.25) is 0 Å². The molecule has 152 valence electrons. The molecule has 2 aromatic carbocycles. The minimum Gasteiger partial charge on any atom is -0.394 e. The predicted octanol–water partition coefficient (Wildman–Crippen LogP) is 0.292. The van der Waals surface area contributed by atoms with Crippen LogP contribution in [-0.2, 0) is 0 Å². The number of hydrazone groups is 2. The summed E-state index contributed by atoms with van der Waals surface area (Å²) in [5, 5.41) is 36.1. The van der Waals surface area contributed by atoms with Gasteiger partial charge in [-0.2, -0.15) is 10.2 Å². The Balaban J connectivity index is 2.07. The van der Waals surface area contributed by atoms with E-state index in [9.17, 15) is 19.8 Å². The first-order valence-electron chi connectivity index (χ1n) is 8.78. The molecule has 0 fully saturated rings. The molecule has 5 N–H and O–H groups in total. The molecule has 2 aromatic rings. The number of hydrogen-bond donors (Lipinski definition) is 5. The van der Waals surface area contributed by atoms with Gasteiger partial charge in [0.25, 0.3) is 11.8 Å². The number of nitrogens with one attached hydrogen (secondary N) is 2. The number of carbonyl (C=O) groups excluding carboxylic acids is 2. The average Bonchev–Trinajstić information content (AvgIpc) is 2.77. The zero-order valence-electron chi connectivity index (χ0n) is 15.5. The Kier molecular flexibility index (Phi) is 8.64. The van der Waals surface area contributed by atoms with Crippen LogP contribution in [0.25, 0.3) is 0 Å². The van der Waals surface area contributed by atoms with Gasteiger partial charge >= 0.3 is 0 Å². The number of hydrogen-bond acceptors (Lipinski definition) is 7. The van der Waals surface area contributed by atoms with E-state index in [1.165, 1.54) is 0 Å². The highest BCUT2D eigenvalue weighted by Gasteiger charge is 2.17. The number of benzene rings is 2. The summed E-state index contributed by atoms with van der Waals surface area (Å²) >= 11 is 0. The Hall–Kier alpha value is -3.40. The van der Waals surface area contributed by atoms with Crippen LogP contribution in [0.4, 0.5) is 0 Å². The maximum absolute atomic E-state index is 12.1. The Morgan fingerprint density at radius 2 is 1.38 bits per heavy atom. The highest BCUT2D eigenvalue weighted by atomic mass is 16.4. The molecular weight excluding hydrogens is 376 g/mol. The maximum atomic E-state index is 12.1. The number of rotatable bonds is 9. The van der Waals surface area contributed by atoms with Crippen LogP contribution in [0.15, 0.2) is 70.9 Å². The van der Waals surface area contributed by atoms with Crippen molar-refractivity contribution in [2.45, 2.75) is 18.6 Å². The summed E-state index contributed by atoms with van der Waals surface area (Å²) < 4.78 is 0. The Bertz CT molecular complexity index is 856. The van der Waals surface area contributed by atoms with E-state index in [4.69, 9.17) is 5.11 Å². The number of amides is 2. The van der Waals surface area contributed by atoms with Gasteiger partial charge in [-0.1, -0.05) is 36.4 Å². The highest BCUT2D eigenvalue weighted by Crippen LogP contribution is 2.02. The molecule has 2 rings (SSSR count). The van der Waals surface area contributed by atoms with Crippen molar-refractivity contribution in [2.24, 2.45) is 10.2 Å². The highest BCUT2D eigenvalue weighted by molar-refractivity contribution is 6.31. The molecule has 0 heterocycles. The summed E-state index contributed by atoms with van der Waals surface area (Å²) in [7, 11) is 0. The standard InChI is InChI=1S/C20H22N4O5/c25-13-18(27)17(26)11-16(22-24-20(29)15-9-5-2-6-10-15)12-21-23-19(28)14-7-3-1-4-8-14/h1-10,12,17-18,25-27H,11,13H2,(H,23,28)(H,24,29)/t17-,18+/m1/s1. The SMILES string of the molecule is O=C(NN=CC(C[C@@H](O)[C@@H](O)CO)=NNC(=O)c1ccccc1)c1ccccc1. The van der Waals surface area contributed by atoms with Gasteiger partial charge in [-0.05, 0) is 24.3 Å². The first-order valence-corrected chi connectivity index (χ1v) is 8.78. The summed E-state index contributed by atoms with van der Waals surface area (Å²) in [6, 6.07) is 16.8. The lowest BCUT2D eigenvalue weighted by Gasteiger charge is -2.15. The molecule has 0 spiro atoms. The fraction of sp³-hybridized carbons (Fsp3) is 0.200. The molecule has 29 heavy (non-hydrogen) atoms. The van der Waals surface area contributed by atoms with Crippen LogP contribution in [0.1, 0.15) is 27.1 Å². The van der Waals surface area contributed by atoms with Gasteiger partial charge in [0.05, 0.1) is 24.6 Å². The summed E-state index contributed by atoms with van der Waals surface area (Å²) in [6.45, 7) is -0.646. The van der Waals surface area contributed by atoms with Crippen molar-refractivity contribution in [3.63, 3.8) is 0 Å². The molecule has 0 aliphatic rings. The van der Waals surface area contributed by atoms with Gasteiger partial charge in [0, 0.05) is 17.5 Å². The quantitative estimate of drug-likeness (QED) is 0.305. The van der Waals surface area contributed by atoms with Crippen LogP contribution in [-0.4, -0.2) is 57.9 Å². The van der Waals surface area contributed by atoms with E-state index in [0.29, 0.717) is 11.1 Å². The van der Waals surface area contributed by atoms with Crippen LogP contribution in [0.2, 0.25) is 0 Å². The number of carbonyl (C=O) groups is 2. The van der Waals surface area contributed by atoms with Gasteiger partial charge in [-0.25, -0.2) is 10.9 Å². The second-order valence-electron chi connectivity index (χ2n) is 6.00. The minimum absolute atomic E-state index is 0.0719. The van der Waals surface area contributed by atoms with Gasteiger partial charge < -0.3 is 15.3 Å². The summed E-state index contributed by atoms with van der Waals surface area (Å²) in [6.07, 6.45) is -1.82. The molecule has 0 radical (unpaired) electrons. The first kappa shape index (κ1) is 21.9. The molecule has 2 amide bonds. The third-order valence-corrected chi connectivity index (χ3v) is 3.80. The van der Waals surface area contributed by atoms with Crippen molar-refractivity contribution in [3.05, 3.63) is 71.8 Å². The zero-order chi connectivity index (χ0) is 21.1. The molecule has 0 bridgehead atoms. The Morgan fingerprint density at radius 1 is 0.862 bits per heavy atom. The summed E-state index contributed by atoms with van der Waals surface area (Å²) in [4.78, 5) is 24.1. The van der Waals surface area contributed by atoms with Crippen LogP contribution in [0.3, 0.4) is 0 Å². The fourth-order valence-corrected chi connectivity index (χ4v) is 2.20. The molecule has 0 unspecified atom stereocenters. The van der Waals surface area contributed by atoms with Crippen molar-refractivity contribution < 1.29 is 24.9 Å². The molecule has 0 saturated heterocycles. The van der Waals surface area contributed by atoms with Crippen molar-refractivity contribution in [2.75, 3.05) is 6.61 Å². The maximum Gasteiger partial charge on any atom is 0.271 e. The lowest BCUT2D eigenvalue weighted by molar-refractivity contribution is -0.00975. The lowest BCUT2D eigenvalue weighted by atomic mass is 10.1. The average molecular weight is 398 g/mol. The molecule has 9 nitrogen and oxygen atoms in total. The van der Waals surface area contributed by atoms with E-state index in [1.54, 1.807) is 60.7 Å². The fourth-order valence-electron chi connectivity index (χ4n) is 2.20.